The second-order valence-corrected chi connectivity index (χ2v) is 7.36. The van der Waals surface area contributed by atoms with Gasteiger partial charge in [-0.2, -0.15) is 0 Å². The van der Waals surface area contributed by atoms with Crippen LogP contribution in [0.5, 0.6) is 0 Å². The molecule has 1 aliphatic heterocycles. The van der Waals surface area contributed by atoms with Gasteiger partial charge in [-0.3, -0.25) is 4.90 Å². The van der Waals surface area contributed by atoms with E-state index in [2.05, 4.69) is 18.7 Å². The third kappa shape index (κ3) is 4.44. The Balaban J connectivity index is 1.96. The average molecular weight is 283 g/mol. The number of hydrogen-bond acceptors (Lipinski definition) is 3. The molecule has 1 saturated carbocycles. The lowest BCUT2D eigenvalue weighted by atomic mass is 9.80. The van der Waals surface area contributed by atoms with E-state index < -0.39 is 0 Å². The molecule has 1 saturated heterocycles. The molecule has 0 unspecified atom stereocenters. The number of aliphatic hydroxyl groups is 1. The molecule has 0 spiro atoms. The highest BCUT2D eigenvalue weighted by molar-refractivity contribution is 4.88. The molecule has 0 atom stereocenters. The minimum atomic E-state index is 0.0951. The van der Waals surface area contributed by atoms with Crippen molar-refractivity contribution in [3.05, 3.63) is 0 Å². The highest BCUT2D eigenvalue weighted by Crippen LogP contribution is 2.34. The fourth-order valence-electron chi connectivity index (χ4n) is 3.69. The summed E-state index contributed by atoms with van der Waals surface area (Å²) in [5, 5.41) is 9.93. The second-order valence-electron chi connectivity index (χ2n) is 7.36. The molecular formula is C17H33NO2. The molecule has 2 rings (SSSR count). The smallest absolute Gasteiger partial charge is 0.0501 e. The summed E-state index contributed by atoms with van der Waals surface area (Å²) in [6.07, 6.45) is 8.81. The summed E-state index contributed by atoms with van der Waals surface area (Å²) in [6, 6.07) is 0.764. The van der Waals surface area contributed by atoms with E-state index in [9.17, 15) is 5.11 Å². The molecule has 1 aliphatic carbocycles. The summed E-state index contributed by atoms with van der Waals surface area (Å²) in [4.78, 5) is 2.70. The van der Waals surface area contributed by atoms with Gasteiger partial charge in [0.15, 0.2) is 0 Å². The number of aliphatic hydroxyl groups excluding tert-OH is 1. The Morgan fingerprint density at radius 1 is 1.20 bits per heavy atom. The van der Waals surface area contributed by atoms with Crippen molar-refractivity contribution in [2.24, 2.45) is 11.3 Å². The molecule has 0 amide bonds. The van der Waals surface area contributed by atoms with E-state index in [-0.39, 0.29) is 5.41 Å². The molecule has 0 aromatic heterocycles. The van der Waals surface area contributed by atoms with Crippen molar-refractivity contribution in [1.29, 1.82) is 0 Å². The predicted molar refractivity (Wildman–Crippen MR) is 82.9 cm³/mol. The van der Waals surface area contributed by atoms with E-state index >= 15 is 0 Å². The van der Waals surface area contributed by atoms with E-state index in [1.165, 1.54) is 38.6 Å². The van der Waals surface area contributed by atoms with Crippen LogP contribution >= 0.6 is 0 Å². The molecule has 3 nitrogen and oxygen atoms in total. The van der Waals surface area contributed by atoms with Crippen molar-refractivity contribution in [3.63, 3.8) is 0 Å². The Morgan fingerprint density at radius 2 is 1.85 bits per heavy atom. The predicted octanol–water partition coefficient (Wildman–Crippen LogP) is 3.07. The SMILES string of the molecule is CC(C)CCN(CC1(CO)CCOCC1)C1CCCC1. The molecule has 1 N–H and O–H groups in total. The van der Waals surface area contributed by atoms with Crippen LogP contribution in [0.25, 0.3) is 0 Å². The van der Waals surface area contributed by atoms with E-state index in [1.807, 2.05) is 0 Å². The Hall–Kier alpha value is -0.120. The summed E-state index contributed by atoms with van der Waals surface area (Å²) in [5.74, 6) is 0.763. The minimum Gasteiger partial charge on any atom is -0.396 e. The first-order valence-corrected chi connectivity index (χ1v) is 8.58. The monoisotopic (exact) mass is 283 g/mol. The van der Waals surface area contributed by atoms with Crippen LogP contribution in [-0.4, -0.2) is 49.0 Å². The summed E-state index contributed by atoms with van der Waals surface area (Å²) in [7, 11) is 0. The zero-order chi connectivity index (χ0) is 14.4. The molecule has 0 radical (unpaired) electrons. The van der Waals surface area contributed by atoms with Crippen molar-refractivity contribution in [2.75, 3.05) is 32.9 Å². The zero-order valence-electron chi connectivity index (χ0n) is 13.4. The lowest BCUT2D eigenvalue weighted by Crippen LogP contribution is -2.47. The van der Waals surface area contributed by atoms with Crippen LogP contribution in [0, 0.1) is 11.3 Å². The molecular weight excluding hydrogens is 250 g/mol. The number of rotatable bonds is 7. The van der Waals surface area contributed by atoms with Crippen molar-refractivity contribution >= 4 is 0 Å². The van der Waals surface area contributed by atoms with Crippen LogP contribution < -0.4 is 0 Å². The fourth-order valence-corrected chi connectivity index (χ4v) is 3.69. The van der Waals surface area contributed by atoms with Crippen molar-refractivity contribution in [1.82, 2.24) is 4.90 Å². The summed E-state index contributed by atoms with van der Waals surface area (Å²) in [6.45, 7) is 8.86. The number of ether oxygens (including phenoxy) is 1. The molecule has 118 valence electrons. The lowest BCUT2D eigenvalue weighted by molar-refractivity contribution is -0.0410. The van der Waals surface area contributed by atoms with Gasteiger partial charge >= 0.3 is 0 Å². The standard InChI is InChI=1S/C17H33NO2/c1-15(2)7-10-18(16-5-3-4-6-16)13-17(14-19)8-11-20-12-9-17/h15-16,19H,3-14H2,1-2H3. The van der Waals surface area contributed by atoms with Gasteiger partial charge < -0.3 is 9.84 Å². The van der Waals surface area contributed by atoms with Crippen molar-refractivity contribution < 1.29 is 9.84 Å². The van der Waals surface area contributed by atoms with Gasteiger partial charge in [0.2, 0.25) is 0 Å². The molecule has 0 aromatic carbocycles. The molecule has 3 heteroatoms. The van der Waals surface area contributed by atoms with Crippen LogP contribution in [0.2, 0.25) is 0 Å². The normalized spacial score (nSPS) is 23.9. The lowest BCUT2D eigenvalue weighted by Gasteiger charge is -2.42. The maximum Gasteiger partial charge on any atom is 0.0501 e. The zero-order valence-corrected chi connectivity index (χ0v) is 13.4. The van der Waals surface area contributed by atoms with Crippen LogP contribution in [0.3, 0.4) is 0 Å². The maximum atomic E-state index is 9.93. The van der Waals surface area contributed by atoms with Crippen molar-refractivity contribution in [3.8, 4) is 0 Å². The Bertz CT molecular complexity index is 268. The van der Waals surface area contributed by atoms with Gasteiger partial charge in [-0.15, -0.1) is 0 Å². The van der Waals surface area contributed by atoms with Gasteiger partial charge in [0.25, 0.3) is 0 Å². The molecule has 20 heavy (non-hydrogen) atoms. The van der Waals surface area contributed by atoms with E-state index in [1.54, 1.807) is 0 Å². The topological polar surface area (TPSA) is 32.7 Å². The average Bonchev–Trinajstić information content (AvgIpc) is 2.98. The molecule has 0 aromatic rings. The summed E-state index contributed by atoms with van der Waals surface area (Å²) < 4.78 is 5.50. The summed E-state index contributed by atoms with van der Waals surface area (Å²) in [5.41, 5.74) is 0.0951. The Kier molecular flexibility index (Phi) is 6.31. The highest BCUT2D eigenvalue weighted by atomic mass is 16.5. The van der Waals surface area contributed by atoms with Crippen LogP contribution in [0.4, 0.5) is 0 Å². The number of hydrogen-bond donors (Lipinski definition) is 1. The molecule has 0 bridgehead atoms. The second kappa shape index (κ2) is 7.77. The fraction of sp³-hybridized carbons (Fsp3) is 1.00. The van der Waals surface area contributed by atoms with Gasteiger partial charge in [0.1, 0.15) is 0 Å². The Labute approximate surface area is 124 Å². The van der Waals surface area contributed by atoms with Gasteiger partial charge in [-0.1, -0.05) is 26.7 Å². The van der Waals surface area contributed by atoms with Gasteiger partial charge in [-0.25, -0.2) is 0 Å². The van der Waals surface area contributed by atoms with E-state index in [0.29, 0.717) is 6.61 Å². The van der Waals surface area contributed by atoms with Gasteiger partial charge in [0.05, 0.1) is 6.61 Å². The van der Waals surface area contributed by atoms with Crippen molar-refractivity contribution in [2.45, 2.75) is 64.8 Å². The largest absolute Gasteiger partial charge is 0.396 e. The third-order valence-corrected chi connectivity index (χ3v) is 5.26. The first-order valence-electron chi connectivity index (χ1n) is 8.58. The van der Waals surface area contributed by atoms with Crippen LogP contribution in [-0.2, 0) is 4.74 Å². The van der Waals surface area contributed by atoms with E-state index in [0.717, 1.165) is 44.6 Å². The van der Waals surface area contributed by atoms with Crippen LogP contribution in [0.1, 0.15) is 58.8 Å². The summed E-state index contributed by atoms with van der Waals surface area (Å²) >= 11 is 0. The van der Waals surface area contributed by atoms with Gasteiger partial charge in [0, 0.05) is 31.2 Å². The maximum absolute atomic E-state index is 9.93. The number of nitrogens with zero attached hydrogens (tertiary/aromatic N) is 1. The first-order chi connectivity index (χ1) is 9.65. The van der Waals surface area contributed by atoms with Crippen LogP contribution in [0.15, 0.2) is 0 Å². The third-order valence-electron chi connectivity index (χ3n) is 5.26. The molecule has 1 heterocycles. The minimum absolute atomic E-state index is 0.0951. The molecule has 2 aliphatic rings. The quantitative estimate of drug-likeness (QED) is 0.779. The highest BCUT2D eigenvalue weighted by Gasteiger charge is 2.36. The Morgan fingerprint density at radius 3 is 2.40 bits per heavy atom. The molecule has 2 fully saturated rings. The van der Waals surface area contributed by atoms with Gasteiger partial charge in [-0.05, 0) is 44.6 Å². The first kappa shape index (κ1) is 16.3. The van der Waals surface area contributed by atoms with E-state index in [4.69, 9.17) is 4.74 Å².